The van der Waals surface area contributed by atoms with Crippen LogP contribution in [-0.2, 0) is 6.42 Å². The maximum absolute atomic E-state index is 4.82. The van der Waals surface area contributed by atoms with Crippen molar-refractivity contribution in [1.82, 2.24) is 20.0 Å². The summed E-state index contributed by atoms with van der Waals surface area (Å²) < 4.78 is 2.07. The summed E-state index contributed by atoms with van der Waals surface area (Å²) in [4.78, 5) is 9.46. The Labute approximate surface area is 167 Å². The molecule has 2 heterocycles. The molecule has 1 fully saturated rings. The van der Waals surface area contributed by atoms with E-state index in [1.165, 1.54) is 25.7 Å². The first kappa shape index (κ1) is 20.0. The quantitative estimate of drug-likeness (QED) is 0.381. The van der Waals surface area contributed by atoms with E-state index in [-0.39, 0.29) is 24.0 Å². The summed E-state index contributed by atoms with van der Waals surface area (Å²) >= 11 is 0. The SMILES string of the molecule is CCNC(=NCC1(CC)CCC1)NCCc1cn2ccccc2n1.I. The number of hydrogen-bond donors (Lipinski definition) is 2. The Balaban J connectivity index is 0.00000225. The molecule has 0 bridgehead atoms. The highest BCUT2D eigenvalue weighted by Crippen LogP contribution is 2.43. The number of fused-ring (bicyclic) bond motifs is 1. The summed E-state index contributed by atoms with van der Waals surface area (Å²) in [6.45, 7) is 7.07. The molecule has 0 saturated heterocycles. The van der Waals surface area contributed by atoms with Crippen LogP contribution in [0.4, 0.5) is 0 Å². The fourth-order valence-electron chi connectivity index (χ4n) is 3.31. The monoisotopic (exact) mass is 455 g/mol. The lowest BCUT2D eigenvalue weighted by Gasteiger charge is -2.40. The number of pyridine rings is 1. The molecule has 138 valence electrons. The van der Waals surface area contributed by atoms with Gasteiger partial charge in [-0.05, 0) is 43.7 Å². The number of guanidine groups is 1. The smallest absolute Gasteiger partial charge is 0.191 e. The van der Waals surface area contributed by atoms with E-state index in [0.717, 1.165) is 43.4 Å². The van der Waals surface area contributed by atoms with E-state index in [1.54, 1.807) is 0 Å². The van der Waals surface area contributed by atoms with Gasteiger partial charge in [0.15, 0.2) is 5.96 Å². The third-order valence-electron chi connectivity index (χ3n) is 5.17. The topological polar surface area (TPSA) is 53.7 Å². The number of rotatable bonds is 7. The van der Waals surface area contributed by atoms with Crippen molar-refractivity contribution in [3.05, 3.63) is 36.3 Å². The Kier molecular flexibility index (Phi) is 7.53. The average Bonchev–Trinajstić information content (AvgIpc) is 2.97. The summed E-state index contributed by atoms with van der Waals surface area (Å²) in [7, 11) is 0. The van der Waals surface area contributed by atoms with Gasteiger partial charge in [0.1, 0.15) is 5.65 Å². The fraction of sp³-hybridized carbons (Fsp3) is 0.579. The number of imidazole rings is 1. The molecule has 0 aromatic carbocycles. The molecule has 1 aliphatic rings. The van der Waals surface area contributed by atoms with Gasteiger partial charge in [-0.3, -0.25) is 4.99 Å². The van der Waals surface area contributed by atoms with Gasteiger partial charge in [0.2, 0.25) is 0 Å². The van der Waals surface area contributed by atoms with Crippen LogP contribution in [-0.4, -0.2) is 35.0 Å². The van der Waals surface area contributed by atoms with E-state index in [2.05, 4.69) is 40.1 Å². The Morgan fingerprint density at radius 3 is 2.76 bits per heavy atom. The Bertz CT molecular complexity index is 651. The number of aromatic nitrogens is 2. The molecule has 25 heavy (non-hydrogen) atoms. The van der Waals surface area contributed by atoms with Gasteiger partial charge in [-0.1, -0.05) is 19.4 Å². The highest BCUT2D eigenvalue weighted by atomic mass is 127. The van der Waals surface area contributed by atoms with Crippen LogP contribution in [0.3, 0.4) is 0 Å². The number of halogens is 1. The Morgan fingerprint density at radius 1 is 1.28 bits per heavy atom. The lowest BCUT2D eigenvalue weighted by molar-refractivity contribution is 0.139. The first-order valence-corrected chi connectivity index (χ1v) is 9.19. The first-order valence-electron chi connectivity index (χ1n) is 9.19. The van der Waals surface area contributed by atoms with Crippen molar-refractivity contribution in [3.63, 3.8) is 0 Å². The van der Waals surface area contributed by atoms with Crippen LogP contribution in [0.15, 0.2) is 35.6 Å². The van der Waals surface area contributed by atoms with E-state index < -0.39 is 0 Å². The van der Waals surface area contributed by atoms with Gasteiger partial charge < -0.3 is 15.0 Å². The number of aliphatic imine (C=N–C) groups is 1. The van der Waals surface area contributed by atoms with Crippen molar-refractivity contribution >= 4 is 35.6 Å². The molecule has 0 spiro atoms. The van der Waals surface area contributed by atoms with E-state index >= 15 is 0 Å². The van der Waals surface area contributed by atoms with E-state index in [0.29, 0.717) is 5.41 Å². The summed E-state index contributed by atoms with van der Waals surface area (Å²) in [5.41, 5.74) is 2.57. The minimum absolute atomic E-state index is 0. The van der Waals surface area contributed by atoms with Gasteiger partial charge in [0.05, 0.1) is 5.69 Å². The lowest BCUT2D eigenvalue weighted by atomic mass is 9.67. The second-order valence-corrected chi connectivity index (χ2v) is 6.78. The zero-order valence-electron chi connectivity index (χ0n) is 15.3. The second kappa shape index (κ2) is 9.40. The molecule has 0 atom stereocenters. The largest absolute Gasteiger partial charge is 0.357 e. The van der Waals surface area contributed by atoms with E-state index in [1.807, 2.05) is 24.4 Å². The molecule has 0 aliphatic heterocycles. The van der Waals surface area contributed by atoms with Gasteiger partial charge in [0.25, 0.3) is 0 Å². The van der Waals surface area contributed by atoms with Gasteiger partial charge in [-0.2, -0.15) is 0 Å². The third-order valence-corrected chi connectivity index (χ3v) is 5.17. The number of nitrogens with zero attached hydrogens (tertiary/aromatic N) is 3. The predicted octanol–water partition coefficient (Wildman–Crippen LogP) is 3.63. The van der Waals surface area contributed by atoms with Crippen molar-refractivity contribution in [2.24, 2.45) is 10.4 Å². The molecule has 1 saturated carbocycles. The van der Waals surface area contributed by atoms with E-state index in [4.69, 9.17) is 4.99 Å². The summed E-state index contributed by atoms with van der Waals surface area (Å²) in [5.74, 6) is 0.931. The molecule has 2 aromatic rings. The van der Waals surface area contributed by atoms with Gasteiger partial charge in [0, 0.05) is 38.4 Å². The van der Waals surface area contributed by atoms with Crippen LogP contribution in [0, 0.1) is 5.41 Å². The van der Waals surface area contributed by atoms with Crippen molar-refractivity contribution in [2.75, 3.05) is 19.6 Å². The van der Waals surface area contributed by atoms with Crippen molar-refractivity contribution < 1.29 is 0 Å². The lowest BCUT2D eigenvalue weighted by Crippen LogP contribution is -2.40. The van der Waals surface area contributed by atoms with Crippen LogP contribution in [0.25, 0.3) is 5.65 Å². The molecule has 2 aromatic heterocycles. The molecule has 1 aliphatic carbocycles. The third kappa shape index (κ3) is 5.09. The van der Waals surface area contributed by atoms with Crippen LogP contribution in [0.5, 0.6) is 0 Å². The second-order valence-electron chi connectivity index (χ2n) is 6.78. The molecular formula is C19H30IN5. The van der Waals surface area contributed by atoms with Crippen molar-refractivity contribution in [3.8, 4) is 0 Å². The maximum Gasteiger partial charge on any atom is 0.191 e. The molecule has 0 amide bonds. The highest BCUT2D eigenvalue weighted by molar-refractivity contribution is 14.0. The van der Waals surface area contributed by atoms with Gasteiger partial charge >= 0.3 is 0 Å². The highest BCUT2D eigenvalue weighted by Gasteiger charge is 2.34. The molecule has 5 nitrogen and oxygen atoms in total. The number of hydrogen-bond acceptors (Lipinski definition) is 2. The molecule has 2 N–H and O–H groups in total. The summed E-state index contributed by atoms with van der Waals surface area (Å²) in [6.07, 6.45) is 10.3. The zero-order valence-corrected chi connectivity index (χ0v) is 17.6. The summed E-state index contributed by atoms with van der Waals surface area (Å²) in [6, 6.07) is 6.08. The van der Waals surface area contributed by atoms with Gasteiger partial charge in [-0.25, -0.2) is 4.98 Å². The Morgan fingerprint density at radius 2 is 2.12 bits per heavy atom. The minimum Gasteiger partial charge on any atom is -0.357 e. The molecule has 3 rings (SSSR count). The normalized spacial score (nSPS) is 16.2. The van der Waals surface area contributed by atoms with Crippen molar-refractivity contribution in [1.29, 1.82) is 0 Å². The van der Waals surface area contributed by atoms with Crippen LogP contribution in [0.2, 0.25) is 0 Å². The standard InChI is InChI=1S/C19H29N5.HI/c1-3-19(10-7-11-19)15-22-18(20-4-2)21-12-9-16-14-24-13-6-5-8-17(24)23-16;/h5-6,8,13-14H,3-4,7,9-12,15H2,1-2H3,(H2,20,21,22);1H. The fourth-order valence-corrected chi connectivity index (χ4v) is 3.31. The average molecular weight is 455 g/mol. The molecule has 0 unspecified atom stereocenters. The van der Waals surface area contributed by atoms with Crippen LogP contribution in [0.1, 0.15) is 45.2 Å². The van der Waals surface area contributed by atoms with Crippen molar-refractivity contribution in [2.45, 2.75) is 46.0 Å². The zero-order chi connectivity index (χ0) is 16.8. The first-order chi connectivity index (χ1) is 11.7. The molecule has 6 heteroatoms. The maximum atomic E-state index is 4.82. The minimum atomic E-state index is 0. The van der Waals surface area contributed by atoms with Gasteiger partial charge in [-0.15, -0.1) is 24.0 Å². The predicted molar refractivity (Wildman–Crippen MR) is 115 cm³/mol. The molecular weight excluding hydrogens is 425 g/mol. The van der Waals surface area contributed by atoms with E-state index in [9.17, 15) is 0 Å². The molecule has 0 radical (unpaired) electrons. The summed E-state index contributed by atoms with van der Waals surface area (Å²) in [5, 5.41) is 6.80. The Hall–Kier alpha value is -1.31. The van der Waals surface area contributed by atoms with Crippen LogP contribution < -0.4 is 10.6 Å². The number of nitrogens with one attached hydrogen (secondary N) is 2. The van der Waals surface area contributed by atoms with Crippen LogP contribution >= 0.6 is 24.0 Å².